The van der Waals surface area contributed by atoms with Crippen LogP contribution < -0.4 is 9.46 Å². The molecule has 2 aromatic carbocycles. The third-order valence-corrected chi connectivity index (χ3v) is 5.61. The molecule has 12 heteroatoms. The largest absolute Gasteiger partial charge is 0.573 e. The van der Waals surface area contributed by atoms with Crippen LogP contribution in [0.2, 0.25) is 10.0 Å². The number of carboxylic acid groups (broad SMARTS) is 1. The van der Waals surface area contributed by atoms with Crippen LogP contribution in [0.4, 0.5) is 13.2 Å². The first-order chi connectivity index (χ1) is 12.9. The zero-order valence-electron chi connectivity index (χ0n) is 13.7. The molecule has 0 heterocycles. The van der Waals surface area contributed by atoms with Crippen molar-refractivity contribution in [2.45, 2.75) is 23.7 Å². The number of rotatable bonds is 7. The number of aliphatic carboxylic acids is 1. The lowest BCUT2D eigenvalue weighted by atomic mass is 10.1. The minimum atomic E-state index is -4.92. The molecule has 0 unspecified atom stereocenters. The fourth-order valence-electron chi connectivity index (χ4n) is 2.16. The normalized spacial score (nSPS) is 13.2. The van der Waals surface area contributed by atoms with Gasteiger partial charge >= 0.3 is 12.3 Å². The molecule has 0 aliphatic heterocycles. The summed E-state index contributed by atoms with van der Waals surface area (Å²) in [5.41, 5.74) is 0.415. The summed E-state index contributed by atoms with van der Waals surface area (Å²) < 4.78 is 66.9. The highest BCUT2D eigenvalue weighted by Gasteiger charge is 2.31. The maximum Gasteiger partial charge on any atom is 0.573 e. The van der Waals surface area contributed by atoms with Crippen molar-refractivity contribution in [2.75, 3.05) is 0 Å². The van der Waals surface area contributed by atoms with Gasteiger partial charge in [-0.1, -0.05) is 29.3 Å². The van der Waals surface area contributed by atoms with Crippen molar-refractivity contribution in [1.82, 2.24) is 4.72 Å². The third kappa shape index (κ3) is 6.26. The van der Waals surface area contributed by atoms with Crippen LogP contribution in [0.5, 0.6) is 5.75 Å². The molecule has 2 N–H and O–H groups in total. The third-order valence-electron chi connectivity index (χ3n) is 3.39. The van der Waals surface area contributed by atoms with E-state index >= 15 is 0 Å². The Bertz CT molecular complexity index is 965. The van der Waals surface area contributed by atoms with Gasteiger partial charge < -0.3 is 9.84 Å². The van der Waals surface area contributed by atoms with Gasteiger partial charge in [0.25, 0.3) is 0 Å². The summed E-state index contributed by atoms with van der Waals surface area (Å²) in [5, 5.41) is 9.73. The summed E-state index contributed by atoms with van der Waals surface area (Å²) in [6.07, 6.45) is -5.16. The SMILES string of the molecule is O=C(O)[C@@H](Cc1ccc(Cl)c(Cl)c1)NS(=O)(=O)c1ccc(OC(F)(F)F)cc1. The average Bonchev–Trinajstić information content (AvgIpc) is 2.56. The number of hydrogen-bond acceptors (Lipinski definition) is 4. The van der Waals surface area contributed by atoms with Crippen LogP contribution in [-0.4, -0.2) is 31.9 Å². The van der Waals surface area contributed by atoms with Crippen molar-refractivity contribution in [3.63, 3.8) is 0 Å². The molecule has 1 atom stereocenters. The maximum atomic E-state index is 12.4. The standard InChI is InChI=1S/C16H12Cl2F3NO5S/c17-12-6-1-9(7-13(12)18)8-14(15(23)24)22-28(25,26)11-4-2-10(3-5-11)27-16(19,20)21/h1-7,14,22H,8H2,(H,23,24)/t14-/m1/s1. The van der Waals surface area contributed by atoms with Gasteiger partial charge in [-0.25, -0.2) is 8.42 Å². The van der Waals surface area contributed by atoms with Gasteiger partial charge in [0.2, 0.25) is 10.0 Å². The number of nitrogens with one attached hydrogen (secondary N) is 1. The lowest BCUT2D eigenvalue weighted by Gasteiger charge is -2.16. The molecule has 152 valence electrons. The minimum Gasteiger partial charge on any atom is -0.480 e. The maximum absolute atomic E-state index is 12.4. The van der Waals surface area contributed by atoms with Crippen LogP contribution in [0.25, 0.3) is 0 Å². The van der Waals surface area contributed by atoms with Gasteiger partial charge in [0.1, 0.15) is 11.8 Å². The molecule has 0 aliphatic rings. The van der Waals surface area contributed by atoms with E-state index in [1.807, 2.05) is 4.72 Å². The van der Waals surface area contributed by atoms with E-state index in [-0.39, 0.29) is 16.5 Å². The van der Waals surface area contributed by atoms with E-state index in [1.54, 1.807) is 0 Å². The van der Waals surface area contributed by atoms with E-state index in [9.17, 15) is 31.5 Å². The molecule has 0 radical (unpaired) electrons. The summed E-state index contributed by atoms with van der Waals surface area (Å²) in [4.78, 5) is 11.0. The Labute approximate surface area is 167 Å². The van der Waals surface area contributed by atoms with E-state index in [1.165, 1.54) is 18.2 Å². The molecule has 2 rings (SSSR count). The second kappa shape index (κ2) is 8.56. The first kappa shape index (κ1) is 22.3. The van der Waals surface area contributed by atoms with E-state index in [0.717, 1.165) is 24.3 Å². The van der Waals surface area contributed by atoms with Crippen molar-refractivity contribution in [1.29, 1.82) is 0 Å². The monoisotopic (exact) mass is 457 g/mol. The highest BCUT2D eigenvalue weighted by molar-refractivity contribution is 7.89. The molecule has 0 spiro atoms. The quantitative estimate of drug-likeness (QED) is 0.658. The Morgan fingerprint density at radius 1 is 1.11 bits per heavy atom. The predicted molar refractivity (Wildman–Crippen MR) is 95.0 cm³/mol. The fraction of sp³-hybridized carbons (Fsp3) is 0.188. The smallest absolute Gasteiger partial charge is 0.480 e. The van der Waals surface area contributed by atoms with Gasteiger partial charge in [-0.05, 0) is 48.4 Å². The highest BCUT2D eigenvalue weighted by Crippen LogP contribution is 2.25. The molecule has 0 saturated heterocycles. The van der Waals surface area contributed by atoms with E-state index in [4.69, 9.17) is 23.2 Å². The molecule has 0 fully saturated rings. The van der Waals surface area contributed by atoms with Crippen LogP contribution >= 0.6 is 23.2 Å². The number of halogens is 5. The number of sulfonamides is 1. The number of ether oxygens (including phenoxy) is 1. The lowest BCUT2D eigenvalue weighted by molar-refractivity contribution is -0.274. The number of alkyl halides is 3. The summed E-state index contributed by atoms with van der Waals surface area (Å²) in [5.74, 6) is -2.07. The van der Waals surface area contributed by atoms with Crippen molar-refractivity contribution in [3.8, 4) is 5.75 Å². The van der Waals surface area contributed by atoms with Crippen LogP contribution in [0.1, 0.15) is 5.56 Å². The first-order valence-corrected chi connectivity index (χ1v) is 9.66. The zero-order valence-corrected chi connectivity index (χ0v) is 16.0. The van der Waals surface area contributed by atoms with Gasteiger partial charge in [-0.3, -0.25) is 4.79 Å². The van der Waals surface area contributed by atoms with Crippen LogP contribution in [-0.2, 0) is 21.2 Å². The van der Waals surface area contributed by atoms with E-state index in [2.05, 4.69) is 4.74 Å². The number of hydrogen-bond donors (Lipinski definition) is 2. The number of carboxylic acids is 1. The Hall–Kier alpha value is -2.01. The molecule has 28 heavy (non-hydrogen) atoms. The van der Waals surface area contributed by atoms with E-state index < -0.39 is 39.0 Å². The Morgan fingerprint density at radius 3 is 2.21 bits per heavy atom. The Kier molecular flexibility index (Phi) is 6.81. The predicted octanol–water partition coefficient (Wildman–Crippen LogP) is 3.87. The van der Waals surface area contributed by atoms with Gasteiger partial charge in [0, 0.05) is 0 Å². The van der Waals surface area contributed by atoms with Crippen LogP contribution in [0.15, 0.2) is 47.4 Å². The number of benzene rings is 2. The van der Waals surface area contributed by atoms with E-state index in [0.29, 0.717) is 5.56 Å². The molecule has 2 aromatic rings. The zero-order chi connectivity index (χ0) is 21.1. The molecule has 0 bridgehead atoms. The summed E-state index contributed by atoms with van der Waals surface area (Å²) in [6, 6.07) is 6.11. The molecular formula is C16H12Cl2F3NO5S. The topological polar surface area (TPSA) is 92.7 Å². The van der Waals surface area contributed by atoms with Gasteiger partial charge in [-0.2, -0.15) is 4.72 Å². The fourth-order valence-corrected chi connectivity index (χ4v) is 3.67. The highest BCUT2D eigenvalue weighted by atomic mass is 35.5. The molecule has 0 saturated carbocycles. The Balaban J connectivity index is 2.18. The van der Waals surface area contributed by atoms with Crippen molar-refractivity contribution >= 4 is 39.2 Å². The van der Waals surface area contributed by atoms with Crippen molar-refractivity contribution in [3.05, 3.63) is 58.1 Å². The second-order valence-electron chi connectivity index (χ2n) is 5.48. The number of carbonyl (C=O) groups is 1. The molecule has 0 amide bonds. The second-order valence-corrected chi connectivity index (χ2v) is 8.01. The van der Waals surface area contributed by atoms with Crippen molar-refractivity contribution in [2.24, 2.45) is 0 Å². The van der Waals surface area contributed by atoms with Gasteiger partial charge in [0.15, 0.2) is 0 Å². The lowest BCUT2D eigenvalue weighted by Crippen LogP contribution is -2.42. The van der Waals surface area contributed by atoms with Gasteiger partial charge in [-0.15, -0.1) is 13.2 Å². The first-order valence-electron chi connectivity index (χ1n) is 7.42. The summed E-state index contributed by atoms with van der Waals surface area (Å²) in [7, 11) is -4.33. The van der Waals surface area contributed by atoms with Crippen LogP contribution in [0, 0.1) is 0 Å². The van der Waals surface area contributed by atoms with Crippen LogP contribution in [0.3, 0.4) is 0 Å². The average molecular weight is 458 g/mol. The molecule has 0 aliphatic carbocycles. The minimum absolute atomic E-state index is 0.173. The summed E-state index contributed by atoms with van der Waals surface area (Å²) >= 11 is 11.6. The summed E-state index contributed by atoms with van der Waals surface area (Å²) in [6.45, 7) is 0. The molecule has 6 nitrogen and oxygen atoms in total. The van der Waals surface area contributed by atoms with Gasteiger partial charge in [0.05, 0.1) is 14.9 Å². The van der Waals surface area contributed by atoms with Crippen molar-refractivity contribution < 1.29 is 36.2 Å². The molecule has 0 aromatic heterocycles. The molecular weight excluding hydrogens is 446 g/mol. The Morgan fingerprint density at radius 2 is 1.71 bits per heavy atom.